The van der Waals surface area contributed by atoms with Crippen molar-refractivity contribution < 1.29 is 9.36 Å². The molecule has 154 valence electrons. The fourth-order valence-corrected chi connectivity index (χ4v) is 6.17. The van der Waals surface area contributed by atoms with Crippen LogP contribution in [0.5, 0.6) is 0 Å². The maximum atomic E-state index is 13.3. The van der Waals surface area contributed by atoms with Crippen molar-refractivity contribution in [1.82, 2.24) is 4.98 Å². The van der Waals surface area contributed by atoms with Gasteiger partial charge in [-0.1, -0.05) is 61.6 Å². The second-order valence-electron chi connectivity index (χ2n) is 9.36. The van der Waals surface area contributed by atoms with E-state index in [1.807, 2.05) is 30.3 Å². The van der Waals surface area contributed by atoms with Crippen LogP contribution in [-0.4, -0.2) is 10.8 Å². The number of Topliss-reactive ketones (excluding diaryl/α,β-unsaturated/α-hetero) is 1. The topological polar surface area (TPSA) is 45.9 Å². The van der Waals surface area contributed by atoms with Crippen molar-refractivity contribution in [2.45, 2.75) is 39.7 Å². The predicted octanol–water partition coefficient (Wildman–Crippen LogP) is 5.71. The van der Waals surface area contributed by atoms with Gasteiger partial charge in [-0.25, -0.2) is 4.98 Å². The first-order chi connectivity index (χ1) is 15.0. The minimum Gasteiger partial charge on any atom is -0.332 e. The van der Waals surface area contributed by atoms with Gasteiger partial charge in [-0.3, -0.25) is 4.79 Å². The summed E-state index contributed by atoms with van der Waals surface area (Å²) in [5.74, 6) is 0.224. The van der Waals surface area contributed by atoms with Crippen LogP contribution in [0.1, 0.15) is 41.9 Å². The maximum absolute atomic E-state index is 13.3. The van der Waals surface area contributed by atoms with Gasteiger partial charge < -0.3 is 5.32 Å². The zero-order valence-electron chi connectivity index (χ0n) is 17.7. The normalized spacial score (nSPS) is 16.5. The molecule has 0 saturated carbocycles. The van der Waals surface area contributed by atoms with E-state index in [-0.39, 0.29) is 11.2 Å². The Morgan fingerprint density at radius 1 is 1.03 bits per heavy atom. The van der Waals surface area contributed by atoms with E-state index < -0.39 is 0 Å². The van der Waals surface area contributed by atoms with Gasteiger partial charge in [0.2, 0.25) is 5.69 Å². The molecule has 1 N–H and O–H groups in total. The number of para-hydroxylation sites is 1. The number of carbonyl (C=O) groups is 1. The SMILES string of the molecule is CC1(C)CC(=O)c2c([n+]3c(c4sc(Nc5ccccc5)nc24)-c2ccccc2CC3)C1. The number of nitrogens with one attached hydrogen (secondary N) is 1. The summed E-state index contributed by atoms with van der Waals surface area (Å²) >= 11 is 1.65. The van der Waals surface area contributed by atoms with E-state index in [2.05, 4.69) is 48.0 Å². The van der Waals surface area contributed by atoms with Crippen LogP contribution in [0.25, 0.3) is 21.5 Å². The minimum atomic E-state index is -0.0311. The summed E-state index contributed by atoms with van der Waals surface area (Å²) in [5.41, 5.74) is 7.70. The molecule has 2 aliphatic rings. The van der Waals surface area contributed by atoms with E-state index in [1.54, 1.807) is 11.3 Å². The number of pyridine rings is 1. The van der Waals surface area contributed by atoms with Crippen LogP contribution in [0, 0.1) is 5.41 Å². The van der Waals surface area contributed by atoms with Gasteiger partial charge in [-0.2, -0.15) is 4.57 Å². The summed E-state index contributed by atoms with van der Waals surface area (Å²) in [6.07, 6.45) is 2.47. The van der Waals surface area contributed by atoms with Crippen molar-refractivity contribution in [3.05, 3.63) is 71.4 Å². The number of anilines is 2. The van der Waals surface area contributed by atoms with Crippen molar-refractivity contribution >= 4 is 38.2 Å². The number of rotatable bonds is 2. The number of aryl methyl sites for hydroxylation is 1. The van der Waals surface area contributed by atoms with E-state index in [0.29, 0.717) is 6.42 Å². The molecule has 0 spiro atoms. The number of aromatic nitrogens is 2. The lowest BCUT2D eigenvalue weighted by Crippen LogP contribution is -2.48. The second-order valence-corrected chi connectivity index (χ2v) is 10.4. The van der Waals surface area contributed by atoms with E-state index in [4.69, 9.17) is 4.98 Å². The molecule has 0 fully saturated rings. The second kappa shape index (κ2) is 6.72. The molecular formula is C26H24N3OS+. The van der Waals surface area contributed by atoms with Crippen molar-refractivity contribution in [3.8, 4) is 11.3 Å². The van der Waals surface area contributed by atoms with E-state index in [0.717, 1.165) is 51.7 Å². The molecule has 4 aromatic rings. The molecule has 4 nitrogen and oxygen atoms in total. The Hall–Kier alpha value is -3.05. The Balaban J connectivity index is 1.65. The molecule has 5 heteroatoms. The summed E-state index contributed by atoms with van der Waals surface area (Å²) in [6, 6.07) is 18.8. The largest absolute Gasteiger partial charge is 0.332 e. The Morgan fingerprint density at radius 3 is 2.65 bits per heavy atom. The highest BCUT2D eigenvalue weighted by molar-refractivity contribution is 7.22. The Kier molecular flexibility index (Phi) is 4.06. The quantitative estimate of drug-likeness (QED) is 0.418. The predicted molar refractivity (Wildman–Crippen MR) is 125 cm³/mol. The monoisotopic (exact) mass is 426 g/mol. The number of nitrogens with zero attached hydrogens (tertiary/aromatic N) is 2. The lowest BCUT2D eigenvalue weighted by molar-refractivity contribution is -0.694. The molecule has 0 bridgehead atoms. The maximum Gasteiger partial charge on any atom is 0.232 e. The zero-order chi connectivity index (χ0) is 21.2. The summed E-state index contributed by atoms with van der Waals surface area (Å²) in [4.78, 5) is 18.3. The van der Waals surface area contributed by atoms with Gasteiger partial charge in [0.25, 0.3) is 0 Å². The van der Waals surface area contributed by atoms with Gasteiger partial charge in [0.15, 0.2) is 23.2 Å². The number of carbonyl (C=O) groups excluding carboxylic acids is 1. The van der Waals surface area contributed by atoms with Crippen molar-refractivity contribution in [3.63, 3.8) is 0 Å². The fourth-order valence-electron chi connectivity index (χ4n) is 5.11. The summed E-state index contributed by atoms with van der Waals surface area (Å²) in [6.45, 7) is 5.31. The third-order valence-corrected chi connectivity index (χ3v) is 7.41. The first-order valence-corrected chi connectivity index (χ1v) is 11.6. The highest BCUT2D eigenvalue weighted by Gasteiger charge is 2.42. The van der Waals surface area contributed by atoms with Crippen LogP contribution < -0.4 is 9.88 Å². The molecule has 3 heterocycles. The molecule has 1 aliphatic heterocycles. The number of fused-ring (bicyclic) bond motifs is 8. The molecule has 0 saturated heterocycles. The molecule has 0 unspecified atom stereocenters. The van der Waals surface area contributed by atoms with Crippen molar-refractivity contribution in [1.29, 1.82) is 0 Å². The van der Waals surface area contributed by atoms with Gasteiger partial charge in [0.05, 0.1) is 5.56 Å². The van der Waals surface area contributed by atoms with Gasteiger partial charge in [-0.05, 0) is 29.2 Å². The fraction of sp³-hybridized carbons (Fsp3) is 0.269. The molecular weight excluding hydrogens is 402 g/mol. The first kappa shape index (κ1) is 18.7. The summed E-state index contributed by atoms with van der Waals surface area (Å²) < 4.78 is 3.53. The molecule has 0 radical (unpaired) electrons. The molecule has 2 aromatic heterocycles. The Bertz CT molecular complexity index is 1350. The van der Waals surface area contributed by atoms with Crippen LogP contribution in [0.2, 0.25) is 0 Å². The lowest BCUT2D eigenvalue weighted by Gasteiger charge is -2.30. The summed E-state index contributed by atoms with van der Waals surface area (Å²) in [5, 5.41) is 4.28. The molecule has 0 amide bonds. The average Bonchev–Trinajstić information content (AvgIpc) is 3.16. The van der Waals surface area contributed by atoms with Crippen LogP contribution in [0.15, 0.2) is 54.6 Å². The molecule has 6 rings (SSSR count). The average molecular weight is 427 g/mol. The molecule has 0 atom stereocenters. The smallest absolute Gasteiger partial charge is 0.232 e. The number of hydrogen-bond acceptors (Lipinski definition) is 4. The van der Waals surface area contributed by atoms with E-state index >= 15 is 0 Å². The van der Waals surface area contributed by atoms with Gasteiger partial charge >= 0.3 is 0 Å². The highest BCUT2D eigenvalue weighted by Crippen LogP contribution is 2.43. The first-order valence-electron chi connectivity index (χ1n) is 10.8. The minimum absolute atomic E-state index is 0.0311. The zero-order valence-corrected chi connectivity index (χ0v) is 18.6. The summed E-state index contributed by atoms with van der Waals surface area (Å²) in [7, 11) is 0. The molecule has 31 heavy (non-hydrogen) atoms. The number of benzene rings is 2. The van der Waals surface area contributed by atoms with E-state index in [1.165, 1.54) is 16.8 Å². The van der Waals surface area contributed by atoms with Crippen LogP contribution >= 0.6 is 11.3 Å². The van der Waals surface area contributed by atoms with Gasteiger partial charge in [0, 0.05) is 24.9 Å². The number of ketones is 1. The molecule has 1 aliphatic carbocycles. The van der Waals surface area contributed by atoms with E-state index in [9.17, 15) is 4.79 Å². The standard InChI is InChI=1S/C26H23N3OS/c1-26(2)14-19-21(20(30)15-26)22-24(31-25(28-22)27-17-9-4-3-5-10-17)23-18-11-7-6-8-16(18)12-13-29(19)23/h3-11H,12-15H2,1-2H3/p+1. The Morgan fingerprint density at radius 2 is 1.81 bits per heavy atom. The third-order valence-electron chi connectivity index (χ3n) is 6.43. The molecule has 2 aromatic carbocycles. The highest BCUT2D eigenvalue weighted by atomic mass is 32.1. The van der Waals surface area contributed by atoms with Gasteiger partial charge in [-0.15, -0.1) is 0 Å². The van der Waals surface area contributed by atoms with Gasteiger partial charge in [0.1, 0.15) is 15.8 Å². The van der Waals surface area contributed by atoms with Crippen LogP contribution in [0.4, 0.5) is 10.8 Å². The third kappa shape index (κ3) is 2.99. The van der Waals surface area contributed by atoms with Crippen LogP contribution in [0.3, 0.4) is 0 Å². The Labute approximate surface area is 185 Å². The van der Waals surface area contributed by atoms with Crippen molar-refractivity contribution in [2.24, 2.45) is 5.41 Å². The number of hydrogen-bond donors (Lipinski definition) is 1. The van der Waals surface area contributed by atoms with Crippen molar-refractivity contribution in [2.75, 3.05) is 5.32 Å². The number of thiazole rings is 1. The van der Waals surface area contributed by atoms with Crippen LogP contribution in [-0.2, 0) is 19.4 Å². The lowest BCUT2D eigenvalue weighted by atomic mass is 9.74.